The van der Waals surface area contributed by atoms with Crippen molar-refractivity contribution in [2.75, 3.05) is 0 Å². The van der Waals surface area contributed by atoms with E-state index in [0.717, 1.165) is 55.4 Å². The van der Waals surface area contributed by atoms with Gasteiger partial charge in [-0.3, -0.25) is 0 Å². The monoisotopic (exact) mass is 610 g/mol. The molecule has 0 spiro atoms. The molecule has 0 atom stereocenters. The summed E-state index contributed by atoms with van der Waals surface area (Å²) in [5, 5.41) is 25.2. The molecule has 2 aromatic heterocycles. The molecule has 4 nitrogen and oxygen atoms in total. The van der Waals surface area contributed by atoms with Crippen LogP contribution in [0.15, 0.2) is 158 Å². The Labute approximate surface area is 277 Å². The van der Waals surface area contributed by atoms with Gasteiger partial charge in [0.2, 0.25) is 0 Å². The minimum Gasteiger partial charge on any atom is -0.309 e. The van der Waals surface area contributed by atoms with Gasteiger partial charge in [-0.2, -0.15) is 10.5 Å². The van der Waals surface area contributed by atoms with Crippen LogP contribution in [0.5, 0.6) is 0 Å². The van der Waals surface area contributed by atoms with Gasteiger partial charge in [-0.25, -0.2) is 0 Å². The highest BCUT2D eigenvalue weighted by Gasteiger charge is 2.20. The normalized spacial score (nSPS) is 11.3. The molecule has 0 bridgehead atoms. The summed E-state index contributed by atoms with van der Waals surface area (Å²) in [6, 6.07) is 58.9. The SMILES string of the molecule is N#Cc1c(-c2ccc(-c3ccccc3-n3c4ccccc4c4ccccc43)cc2)cccc1-n1c2ccccc2c2cccc(C#N)c21. The first kappa shape index (κ1) is 27.4. The Kier molecular flexibility index (Phi) is 6.22. The van der Waals surface area contributed by atoms with Gasteiger partial charge in [0.15, 0.2) is 0 Å². The molecular formula is C44H26N4. The molecule has 48 heavy (non-hydrogen) atoms. The van der Waals surface area contributed by atoms with E-state index in [0.29, 0.717) is 11.1 Å². The van der Waals surface area contributed by atoms with Gasteiger partial charge in [0.25, 0.3) is 0 Å². The average Bonchev–Trinajstić information content (AvgIpc) is 3.68. The van der Waals surface area contributed by atoms with Gasteiger partial charge in [-0.05, 0) is 47.5 Å². The third kappa shape index (κ3) is 4.01. The lowest BCUT2D eigenvalue weighted by Gasteiger charge is -2.16. The van der Waals surface area contributed by atoms with Crippen LogP contribution >= 0.6 is 0 Å². The molecule has 222 valence electrons. The van der Waals surface area contributed by atoms with Crippen LogP contribution in [-0.4, -0.2) is 9.13 Å². The fourth-order valence-corrected chi connectivity index (χ4v) is 7.37. The average molecular weight is 611 g/mol. The van der Waals surface area contributed by atoms with Crippen molar-refractivity contribution < 1.29 is 0 Å². The topological polar surface area (TPSA) is 57.4 Å². The Morgan fingerprint density at radius 1 is 0.375 bits per heavy atom. The van der Waals surface area contributed by atoms with Gasteiger partial charge in [0.1, 0.15) is 12.1 Å². The zero-order valence-corrected chi connectivity index (χ0v) is 25.8. The number of fused-ring (bicyclic) bond motifs is 6. The number of para-hydroxylation sites is 5. The summed E-state index contributed by atoms with van der Waals surface area (Å²) in [4.78, 5) is 0. The number of rotatable bonds is 4. The van der Waals surface area contributed by atoms with Gasteiger partial charge in [0.05, 0.1) is 44.6 Å². The largest absolute Gasteiger partial charge is 0.309 e. The third-order valence-corrected chi connectivity index (χ3v) is 9.44. The number of nitrogens with zero attached hydrogens (tertiary/aromatic N) is 4. The lowest BCUT2D eigenvalue weighted by molar-refractivity contribution is 1.16. The Bertz CT molecular complexity index is 2750. The summed E-state index contributed by atoms with van der Waals surface area (Å²) in [6.45, 7) is 0. The van der Waals surface area contributed by atoms with Crippen LogP contribution in [0, 0.1) is 22.7 Å². The molecule has 0 N–H and O–H groups in total. The van der Waals surface area contributed by atoms with Crippen LogP contribution < -0.4 is 0 Å². The van der Waals surface area contributed by atoms with E-state index in [1.807, 2.05) is 54.6 Å². The second-order valence-electron chi connectivity index (χ2n) is 11.9. The molecule has 2 heterocycles. The van der Waals surface area contributed by atoms with Gasteiger partial charge in [0, 0.05) is 32.7 Å². The predicted molar refractivity (Wildman–Crippen MR) is 195 cm³/mol. The van der Waals surface area contributed by atoms with E-state index in [4.69, 9.17) is 0 Å². The molecule has 0 aliphatic carbocycles. The standard InChI is InChI=1S/C44H26N4/c45-27-31-11-9-17-37-36-15-4-8-21-42(36)48(44(31)37)43-22-10-16-32(38(43)28-46)29-23-25-30(26-24-29)33-12-1-5-18-39(33)47-40-19-6-2-13-34(40)35-14-3-7-20-41(35)47/h1-26H. The van der Waals surface area contributed by atoms with Crippen molar-refractivity contribution in [3.05, 3.63) is 169 Å². The van der Waals surface area contributed by atoms with Crippen LogP contribution in [0.3, 0.4) is 0 Å². The molecule has 0 radical (unpaired) electrons. The quantitative estimate of drug-likeness (QED) is 0.199. The van der Waals surface area contributed by atoms with Crippen LogP contribution in [0.2, 0.25) is 0 Å². The fourth-order valence-electron chi connectivity index (χ4n) is 7.37. The Balaban J connectivity index is 1.20. The summed E-state index contributed by atoms with van der Waals surface area (Å²) >= 11 is 0. The number of nitriles is 2. The summed E-state index contributed by atoms with van der Waals surface area (Å²) in [6.07, 6.45) is 0. The van der Waals surface area contributed by atoms with E-state index in [1.165, 1.54) is 21.8 Å². The maximum absolute atomic E-state index is 10.6. The van der Waals surface area contributed by atoms with Crippen molar-refractivity contribution >= 4 is 43.6 Å². The molecule has 0 unspecified atom stereocenters. The van der Waals surface area contributed by atoms with Crippen LogP contribution in [-0.2, 0) is 0 Å². The van der Waals surface area contributed by atoms with E-state index in [1.54, 1.807) is 0 Å². The first-order valence-electron chi connectivity index (χ1n) is 15.9. The number of benzene rings is 7. The maximum atomic E-state index is 10.6. The van der Waals surface area contributed by atoms with Gasteiger partial charge >= 0.3 is 0 Å². The maximum Gasteiger partial charge on any atom is 0.102 e. The number of hydrogen-bond donors (Lipinski definition) is 0. The summed E-state index contributed by atoms with van der Waals surface area (Å²) in [7, 11) is 0. The van der Waals surface area contributed by atoms with Crippen LogP contribution in [0.1, 0.15) is 11.1 Å². The van der Waals surface area contributed by atoms with Crippen molar-refractivity contribution in [2.45, 2.75) is 0 Å². The van der Waals surface area contributed by atoms with Gasteiger partial charge in [-0.15, -0.1) is 0 Å². The molecule has 0 saturated heterocycles. The highest BCUT2D eigenvalue weighted by Crippen LogP contribution is 2.39. The van der Waals surface area contributed by atoms with Crippen molar-refractivity contribution in [2.24, 2.45) is 0 Å². The molecule has 4 heteroatoms. The first-order valence-corrected chi connectivity index (χ1v) is 15.9. The summed E-state index contributed by atoms with van der Waals surface area (Å²) in [5.74, 6) is 0. The minimum absolute atomic E-state index is 0.561. The Hall–Kier alpha value is -6.88. The highest BCUT2D eigenvalue weighted by atomic mass is 15.0. The molecular weight excluding hydrogens is 585 g/mol. The second-order valence-corrected chi connectivity index (χ2v) is 11.9. The van der Waals surface area contributed by atoms with E-state index in [-0.39, 0.29) is 0 Å². The number of aromatic nitrogens is 2. The molecule has 9 rings (SSSR count). The Morgan fingerprint density at radius 2 is 0.854 bits per heavy atom. The Morgan fingerprint density at radius 3 is 1.50 bits per heavy atom. The summed E-state index contributed by atoms with van der Waals surface area (Å²) in [5.41, 5.74) is 11.1. The molecule has 0 aliphatic heterocycles. The molecule has 0 fully saturated rings. The minimum atomic E-state index is 0.561. The fraction of sp³-hybridized carbons (Fsp3) is 0. The van der Waals surface area contributed by atoms with Crippen molar-refractivity contribution in [3.63, 3.8) is 0 Å². The van der Waals surface area contributed by atoms with E-state index in [9.17, 15) is 10.5 Å². The first-order chi connectivity index (χ1) is 23.8. The molecule has 7 aromatic carbocycles. The predicted octanol–water partition coefficient (Wildman–Crippen LogP) is 11.0. The zero-order valence-electron chi connectivity index (χ0n) is 25.8. The lowest BCUT2D eigenvalue weighted by atomic mass is 9.95. The van der Waals surface area contributed by atoms with Gasteiger partial charge < -0.3 is 9.13 Å². The third-order valence-electron chi connectivity index (χ3n) is 9.44. The van der Waals surface area contributed by atoms with E-state index >= 15 is 0 Å². The van der Waals surface area contributed by atoms with Crippen molar-refractivity contribution in [1.29, 1.82) is 10.5 Å². The second kappa shape index (κ2) is 10.9. The number of hydrogen-bond acceptors (Lipinski definition) is 2. The molecule has 0 saturated carbocycles. The van der Waals surface area contributed by atoms with Crippen LogP contribution in [0.4, 0.5) is 0 Å². The van der Waals surface area contributed by atoms with Crippen molar-refractivity contribution in [3.8, 4) is 45.8 Å². The molecule has 0 amide bonds. The smallest absolute Gasteiger partial charge is 0.102 e. The van der Waals surface area contributed by atoms with E-state index in [2.05, 4.69) is 124 Å². The van der Waals surface area contributed by atoms with Crippen molar-refractivity contribution in [1.82, 2.24) is 9.13 Å². The van der Waals surface area contributed by atoms with E-state index < -0.39 is 0 Å². The summed E-state index contributed by atoms with van der Waals surface area (Å²) < 4.78 is 4.42. The molecule has 0 aliphatic rings. The van der Waals surface area contributed by atoms with Gasteiger partial charge in [-0.1, -0.05) is 121 Å². The van der Waals surface area contributed by atoms with Crippen LogP contribution in [0.25, 0.3) is 77.2 Å². The lowest BCUT2D eigenvalue weighted by Crippen LogP contribution is -2.00. The molecule has 9 aromatic rings. The zero-order chi connectivity index (χ0) is 32.2. The highest BCUT2D eigenvalue weighted by molar-refractivity contribution is 6.11.